The first-order chi connectivity index (χ1) is 7.65. The highest BCUT2D eigenvalue weighted by atomic mass is 16.4. The summed E-state index contributed by atoms with van der Waals surface area (Å²) in [5, 5.41) is 10.1. The first-order valence-corrected chi connectivity index (χ1v) is 5.23. The molecule has 1 aromatic heterocycles. The average Bonchev–Trinajstić information content (AvgIpc) is 2.58. The molecule has 4 heteroatoms. The van der Waals surface area contributed by atoms with Crippen LogP contribution in [0.3, 0.4) is 0 Å². The number of aliphatic carboxylic acids is 1. The molecule has 4 nitrogen and oxygen atoms in total. The number of fused-ring (bicyclic) bond motifs is 1. The molecule has 1 aromatic carbocycles. The fraction of sp³-hybridized carbons (Fsp3) is 0.250. The van der Waals surface area contributed by atoms with E-state index in [0.29, 0.717) is 6.42 Å². The molecule has 1 heterocycles. The minimum atomic E-state index is -0.807. The summed E-state index contributed by atoms with van der Waals surface area (Å²) in [5.74, 6) is 4.50. The maximum atomic E-state index is 11.1. The molecular formula is C12H14N2O2. The third-order valence-corrected chi connectivity index (χ3v) is 2.85. The highest BCUT2D eigenvalue weighted by molar-refractivity contribution is 5.89. The van der Waals surface area contributed by atoms with E-state index in [-0.39, 0.29) is 0 Å². The van der Waals surface area contributed by atoms with Gasteiger partial charge in [-0.15, -0.1) is 0 Å². The fourth-order valence-corrected chi connectivity index (χ4v) is 2.04. The number of para-hydroxylation sites is 1. The second-order valence-corrected chi connectivity index (χ2v) is 3.81. The SMILES string of the molecule is CCC(C(=O)O)c1cn(N)c2ccccc12. The molecular weight excluding hydrogens is 204 g/mol. The fourth-order valence-electron chi connectivity index (χ4n) is 2.04. The van der Waals surface area contributed by atoms with Crippen LogP contribution < -0.4 is 5.84 Å². The van der Waals surface area contributed by atoms with Crippen LogP contribution in [0.1, 0.15) is 24.8 Å². The van der Waals surface area contributed by atoms with Crippen molar-refractivity contribution in [3.05, 3.63) is 36.0 Å². The molecule has 1 unspecified atom stereocenters. The maximum Gasteiger partial charge on any atom is 0.311 e. The second-order valence-electron chi connectivity index (χ2n) is 3.81. The molecule has 2 aromatic rings. The van der Waals surface area contributed by atoms with Crippen LogP contribution >= 0.6 is 0 Å². The van der Waals surface area contributed by atoms with Gasteiger partial charge in [-0.25, -0.2) is 0 Å². The van der Waals surface area contributed by atoms with Crippen LogP contribution in [0.2, 0.25) is 0 Å². The Hall–Kier alpha value is -1.97. The van der Waals surface area contributed by atoms with E-state index in [0.717, 1.165) is 16.5 Å². The summed E-state index contributed by atoms with van der Waals surface area (Å²) in [4.78, 5) is 11.1. The van der Waals surface area contributed by atoms with Gasteiger partial charge in [-0.1, -0.05) is 25.1 Å². The van der Waals surface area contributed by atoms with Crippen LogP contribution in [0.25, 0.3) is 10.9 Å². The molecule has 0 bridgehead atoms. The summed E-state index contributed by atoms with van der Waals surface area (Å²) in [5.41, 5.74) is 1.64. The Kier molecular flexibility index (Phi) is 2.56. The Morgan fingerprint density at radius 3 is 2.81 bits per heavy atom. The number of carbonyl (C=O) groups is 1. The highest BCUT2D eigenvalue weighted by Crippen LogP contribution is 2.28. The zero-order chi connectivity index (χ0) is 11.7. The van der Waals surface area contributed by atoms with Gasteiger partial charge in [-0.3, -0.25) is 9.47 Å². The Morgan fingerprint density at radius 1 is 1.50 bits per heavy atom. The molecule has 0 fully saturated rings. The molecule has 2 rings (SSSR count). The molecule has 16 heavy (non-hydrogen) atoms. The lowest BCUT2D eigenvalue weighted by molar-refractivity contribution is -0.138. The van der Waals surface area contributed by atoms with E-state index in [1.807, 2.05) is 31.2 Å². The van der Waals surface area contributed by atoms with Gasteiger partial charge < -0.3 is 10.9 Å². The summed E-state index contributed by atoms with van der Waals surface area (Å²) in [7, 11) is 0. The van der Waals surface area contributed by atoms with Crippen molar-refractivity contribution >= 4 is 16.9 Å². The van der Waals surface area contributed by atoms with Gasteiger partial charge in [0.05, 0.1) is 11.4 Å². The monoisotopic (exact) mass is 218 g/mol. The van der Waals surface area contributed by atoms with Crippen molar-refractivity contribution in [2.45, 2.75) is 19.3 Å². The van der Waals surface area contributed by atoms with E-state index >= 15 is 0 Å². The lowest BCUT2D eigenvalue weighted by atomic mass is 9.96. The molecule has 0 saturated carbocycles. The van der Waals surface area contributed by atoms with Crippen molar-refractivity contribution in [2.75, 3.05) is 5.84 Å². The Labute approximate surface area is 93.3 Å². The molecule has 0 radical (unpaired) electrons. The van der Waals surface area contributed by atoms with Gasteiger partial charge in [0.1, 0.15) is 0 Å². The molecule has 0 aliphatic heterocycles. The minimum Gasteiger partial charge on any atom is -0.481 e. The number of rotatable bonds is 3. The lowest BCUT2D eigenvalue weighted by Crippen LogP contribution is -2.10. The van der Waals surface area contributed by atoms with E-state index in [2.05, 4.69) is 0 Å². The molecule has 1 atom stereocenters. The van der Waals surface area contributed by atoms with Crippen LogP contribution in [0, 0.1) is 0 Å². The number of nitrogens with two attached hydrogens (primary N) is 1. The summed E-state index contributed by atoms with van der Waals surface area (Å²) in [6.07, 6.45) is 2.26. The number of benzene rings is 1. The average molecular weight is 218 g/mol. The number of carboxylic acids is 1. The van der Waals surface area contributed by atoms with Gasteiger partial charge in [-0.05, 0) is 18.1 Å². The van der Waals surface area contributed by atoms with Crippen molar-refractivity contribution in [1.82, 2.24) is 4.68 Å². The number of aromatic nitrogens is 1. The topological polar surface area (TPSA) is 68.2 Å². The molecule has 0 spiro atoms. The largest absolute Gasteiger partial charge is 0.481 e. The van der Waals surface area contributed by atoms with Crippen molar-refractivity contribution in [3.8, 4) is 0 Å². The zero-order valence-corrected chi connectivity index (χ0v) is 9.05. The number of carboxylic acid groups (broad SMARTS) is 1. The van der Waals surface area contributed by atoms with E-state index < -0.39 is 11.9 Å². The van der Waals surface area contributed by atoms with Crippen LogP contribution in [0.5, 0.6) is 0 Å². The lowest BCUT2D eigenvalue weighted by Gasteiger charge is -2.07. The molecule has 0 saturated heterocycles. The number of nitrogen functional groups attached to an aromatic ring is 1. The normalized spacial score (nSPS) is 12.8. The van der Waals surface area contributed by atoms with Gasteiger partial charge in [0.25, 0.3) is 0 Å². The summed E-state index contributed by atoms with van der Waals surface area (Å²) in [6, 6.07) is 7.56. The number of hydrogen-bond donors (Lipinski definition) is 2. The molecule has 3 N–H and O–H groups in total. The van der Waals surface area contributed by atoms with E-state index in [1.54, 1.807) is 6.20 Å². The van der Waals surface area contributed by atoms with E-state index in [4.69, 9.17) is 10.9 Å². The van der Waals surface area contributed by atoms with Crippen LogP contribution in [-0.4, -0.2) is 15.8 Å². The van der Waals surface area contributed by atoms with Gasteiger partial charge in [0.2, 0.25) is 0 Å². The number of nitrogens with zero attached hydrogens (tertiary/aromatic N) is 1. The summed E-state index contributed by atoms with van der Waals surface area (Å²) in [6.45, 7) is 1.86. The number of hydrogen-bond acceptors (Lipinski definition) is 2. The van der Waals surface area contributed by atoms with Crippen molar-refractivity contribution < 1.29 is 9.90 Å². The predicted octanol–water partition coefficient (Wildman–Crippen LogP) is 1.93. The van der Waals surface area contributed by atoms with Crippen molar-refractivity contribution in [1.29, 1.82) is 0 Å². The third kappa shape index (κ3) is 1.52. The predicted molar refractivity (Wildman–Crippen MR) is 62.8 cm³/mol. The molecule has 84 valence electrons. The maximum absolute atomic E-state index is 11.1. The van der Waals surface area contributed by atoms with E-state index in [1.165, 1.54) is 4.68 Å². The van der Waals surface area contributed by atoms with Crippen molar-refractivity contribution in [3.63, 3.8) is 0 Å². The van der Waals surface area contributed by atoms with Gasteiger partial charge in [-0.2, -0.15) is 0 Å². The van der Waals surface area contributed by atoms with Gasteiger partial charge in [0.15, 0.2) is 0 Å². The smallest absolute Gasteiger partial charge is 0.311 e. The Balaban J connectivity index is 2.64. The molecule has 0 amide bonds. The first kappa shape index (κ1) is 10.5. The zero-order valence-electron chi connectivity index (χ0n) is 9.05. The molecule has 0 aliphatic rings. The highest BCUT2D eigenvalue weighted by Gasteiger charge is 2.21. The standard InChI is InChI=1S/C12H14N2O2/c1-2-8(12(15)16)10-7-14(13)11-6-4-3-5-9(10)11/h3-8H,2,13H2,1H3,(H,15,16). The molecule has 0 aliphatic carbocycles. The summed E-state index contributed by atoms with van der Waals surface area (Å²) < 4.78 is 1.48. The minimum absolute atomic E-state index is 0.491. The van der Waals surface area contributed by atoms with Crippen LogP contribution in [0.4, 0.5) is 0 Å². The first-order valence-electron chi connectivity index (χ1n) is 5.23. The summed E-state index contributed by atoms with van der Waals surface area (Å²) >= 11 is 0. The quantitative estimate of drug-likeness (QED) is 0.773. The van der Waals surface area contributed by atoms with Crippen LogP contribution in [-0.2, 0) is 4.79 Å². The van der Waals surface area contributed by atoms with Gasteiger partial charge >= 0.3 is 5.97 Å². The second kappa shape index (κ2) is 3.89. The van der Waals surface area contributed by atoms with Gasteiger partial charge in [0, 0.05) is 11.6 Å². The Morgan fingerprint density at radius 2 is 2.19 bits per heavy atom. The van der Waals surface area contributed by atoms with E-state index in [9.17, 15) is 4.79 Å². The third-order valence-electron chi connectivity index (χ3n) is 2.85. The van der Waals surface area contributed by atoms with Crippen molar-refractivity contribution in [2.24, 2.45) is 0 Å². The van der Waals surface area contributed by atoms with Crippen LogP contribution in [0.15, 0.2) is 30.5 Å². The Bertz CT molecular complexity index is 531.